The molecule has 0 radical (unpaired) electrons. The number of ether oxygens (including phenoxy) is 3. The Balaban J connectivity index is 0.000000279. The van der Waals surface area contributed by atoms with E-state index in [0.29, 0.717) is 31.9 Å². The number of carbonyl (C=O) groups excluding carboxylic acids is 2. The van der Waals surface area contributed by atoms with Crippen LogP contribution in [-0.2, 0) is 32.2 Å². The van der Waals surface area contributed by atoms with Crippen LogP contribution in [0.3, 0.4) is 0 Å². The lowest BCUT2D eigenvalue weighted by molar-refractivity contribution is -0.125. The van der Waals surface area contributed by atoms with Gasteiger partial charge in [0.25, 0.3) is 6.47 Å². The van der Waals surface area contributed by atoms with Gasteiger partial charge in [0.1, 0.15) is 23.7 Å². The largest absolute Gasteiger partial charge is 0.492 e. The highest BCUT2D eigenvalue weighted by atomic mass is 79.9. The van der Waals surface area contributed by atoms with Crippen LogP contribution in [0.25, 0.3) is 11.1 Å². The fourth-order valence-electron chi connectivity index (χ4n) is 6.44. The van der Waals surface area contributed by atoms with E-state index >= 15 is 0 Å². The van der Waals surface area contributed by atoms with Crippen molar-refractivity contribution in [3.63, 3.8) is 0 Å². The average molecular weight is 875 g/mol. The molecule has 0 N–H and O–H groups in total. The number of nitrogens with zero attached hydrogens (tertiary/aromatic N) is 2. The Morgan fingerprint density at radius 3 is 2.09 bits per heavy atom. The van der Waals surface area contributed by atoms with Gasteiger partial charge in [0, 0.05) is 43.9 Å². The monoisotopic (exact) mass is 872 g/mol. The summed E-state index contributed by atoms with van der Waals surface area (Å²) < 4.78 is 16.8. The second-order valence-corrected chi connectivity index (χ2v) is 16.0. The fraction of sp³-hybridized carbons (Fsp3) is 0.348. The number of hydrogen-bond acceptors (Lipinski definition) is 6. The summed E-state index contributed by atoms with van der Waals surface area (Å²) in [7, 11) is 0. The van der Waals surface area contributed by atoms with Crippen molar-refractivity contribution in [2.75, 3.05) is 31.5 Å². The van der Waals surface area contributed by atoms with Gasteiger partial charge in [-0.3, -0.25) is 9.69 Å². The Bertz CT molecular complexity index is 1910. The van der Waals surface area contributed by atoms with Gasteiger partial charge < -0.3 is 19.1 Å². The highest BCUT2D eigenvalue weighted by molar-refractivity contribution is 9.09. The number of halogens is 2. The van der Waals surface area contributed by atoms with E-state index < -0.39 is 5.60 Å². The molecule has 6 rings (SSSR count). The SMILES string of the molecule is BrCC1=C(c2ccccc2)c2ccccc2CO1.CC.Cc1ccccc1/C(=C(\OC=O)C(C)Br)c1ccc(CN2CCN(C(=O)OC(C)(C)C)CC2)cc1. The van der Waals surface area contributed by atoms with Crippen LogP contribution in [0.2, 0.25) is 0 Å². The summed E-state index contributed by atoms with van der Waals surface area (Å²) in [6.45, 7) is 18.5. The molecular formula is C46H54Br2N2O5. The highest BCUT2D eigenvalue weighted by Gasteiger charge is 2.26. The quantitative estimate of drug-likeness (QED) is 0.0948. The maximum absolute atomic E-state index is 12.3. The van der Waals surface area contributed by atoms with Crippen molar-refractivity contribution < 1.29 is 23.8 Å². The van der Waals surface area contributed by atoms with E-state index in [9.17, 15) is 9.59 Å². The predicted octanol–water partition coefficient (Wildman–Crippen LogP) is 11.2. The number of fused-ring (bicyclic) bond motifs is 1. The van der Waals surface area contributed by atoms with Crippen LogP contribution in [-0.4, -0.2) is 64.3 Å². The summed E-state index contributed by atoms with van der Waals surface area (Å²) in [4.78, 5) is 27.6. The lowest BCUT2D eigenvalue weighted by Gasteiger charge is -2.35. The Morgan fingerprint density at radius 2 is 1.49 bits per heavy atom. The van der Waals surface area contributed by atoms with Crippen LogP contribution in [0.4, 0.5) is 4.79 Å². The molecule has 2 heterocycles. The van der Waals surface area contributed by atoms with Crippen molar-refractivity contribution in [3.8, 4) is 0 Å². The number of rotatable bonds is 9. The standard InChI is InChI=1S/C28H35BrN2O4.C16H13BrO.C2H6/c1-20-8-6-7-9-24(20)25(26(21(2)29)34-19-32)23-12-10-22(11-13-23)18-30-14-16-31(17-15-30)27(33)35-28(3,4)5;17-10-15-16(12-6-2-1-3-7-12)14-9-5-4-8-13(14)11-18-15;1-2/h6-13,19,21H,14-18H2,1-5H3;1-9H,10-11H2;1-2H3/b26-25-;;. The molecule has 2 aliphatic rings. The zero-order valence-electron chi connectivity index (χ0n) is 33.1. The van der Waals surface area contributed by atoms with Gasteiger partial charge >= 0.3 is 6.09 Å². The summed E-state index contributed by atoms with van der Waals surface area (Å²) in [6, 6.07) is 35.3. The number of aryl methyl sites for hydroxylation is 1. The fourth-order valence-corrected chi connectivity index (χ4v) is 7.22. The van der Waals surface area contributed by atoms with Crippen molar-refractivity contribution >= 4 is 55.6 Å². The minimum absolute atomic E-state index is 0.136. The molecule has 1 fully saturated rings. The van der Waals surface area contributed by atoms with Crippen molar-refractivity contribution in [3.05, 3.63) is 154 Å². The number of allylic oxidation sites excluding steroid dienone is 2. The first kappa shape index (κ1) is 43.5. The molecule has 1 amide bonds. The Hall–Kier alpha value is -4.18. The Kier molecular flexibility index (Phi) is 16.8. The third kappa shape index (κ3) is 12.2. The summed E-state index contributed by atoms with van der Waals surface area (Å²) >= 11 is 7.11. The minimum Gasteiger partial charge on any atom is -0.492 e. The molecule has 0 saturated carbocycles. The molecule has 2 aliphatic heterocycles. The van der Waals surface area contributed by atoms with Crippen molar-refractivity contribution in [1.29, 1.82) is 0 Å². The molecule has 4 aromatic rings. The number of carbonyl (C=O) groups is 2. The zero-order chi connectivity index (χ0) is 40.0. The molecule has 1 atom stereocenters. The van der Waals surface area contributed by atoms with Crippen LogP contribution in [0.15, 0.2) is 115 Å². The third-order valence-electron chi connectivity index (χ3n) is 9.02. The Labute approximate surface area is 344 Å². The number of amides is 1. The van der Waals surface area contributed by atoms with E-state index in [1.807, 2.05) is 65.8 Å². The van der Waals surface area contributed by atoms with Gasteiger partial charge in [0.15, 0.2) is 0 Å². The topological polar surface area (TPSA) is 68.3 Å². The number of alkyl halides is 2. The molecule has 9 heteroatoms. The van der Waals surface area contributed by atoms with Gasteiger partial charge in [-0.05, 0) is 73.6 Å². The first-order valence-corrected chi connectivity index (χ1v) is 20.9. The van der Waals surface area contributed by atoms with Crippen molar-refractivity contribution in [1.82, 2.24) is 9.80 Å². The number of benzene rings is 4. The lowest BCUT2D eigenvalue weighted by atomic mass is 9.92. The summed E-state index contributed by atoms with van der Waals surface area (Å²) in [5.41, 5.74) is 9.67. The maximum atomic E-state index is 12.3. The van der Waals surface area contributed by atoms with Gasteiger partial charge in [-0.1, -0.05) is 149 Å². The smallest absolute Gasteiger partial charge is 0.410 e. The first-order chi connectivity index (χ1) is 26.5. The Morgan fingerprint density at radius 1 is 0.873 bits per heavy atom. The maximum Gasteiger partial charge on any atom is 0.410 e. The van der Waals surface area contributed by atoms with E-state index in [4.69, 9.17) is 14.2 Å². The second-order valence-electron chi connectivity index (χ2n) is 14.1. The molecule has 1 unspecified atom stereocenters. The minimum atomic E-state index is -0.481. The van der Waals surface area contributed by atoms with Gasteiger partial charge in [-0.25, -0.2) is 4.79 Å². The van der Waals surface area contributed by atoms with Crippen LogP contribution >= 0.6 is 31.9 Å². The van der Waals surface area contributed by atoms with Crippen LogP contribution in [0, 0.1) is 6.92 Å². The molecule has 7 nitrogen and oxygen atoms in total. The van der Waals surface area contributed by atoms with Crippen molar-refractivity contribution in [2.24, 2.45) is 0 Å². The van der Waals surface area contributed by atoms with Gasteiger partial charge in [0.2, 0.25) is 0 Å². The molecule has 1 saturated heterocycles. The molecular weight excluding hydrogens is 820 g/mol. The molecule has 292 valence electrons. The third-order valence-corrected chi connectivity index (χ3v) is 9.95. The molecule has 0 bridgehead atoms. The summed E-state index contributed by atoms with van der Waals surface area (Å²) in [5, 5.41) is 0.742. The average Bonchev–Trinajstić information content (AvgIpc) is 3.19. The van der Waals surface area contributed by atoms with E-state index in [2.05, 4.69) is 123 Å². The normalized spacial score (nSPS) is 15.1. The molecule has 0 aliphatic carbocycles. The first-order valence-electron chi connectivity index (χ1n) is 18.9. The van der Waals surface area contributed by atoms with Gasteiger partial charge in [0.05, 0.1) is 10.2 Å². The van der Waals surface area contributed by atoms with Crippen LogP contribution in [0.1, 0.15) is 80.5 Å². The second kappa shape index (κ2) is 21.2. The van der Waals surface area contributed by atoms with E-state index in [1.165, 1.54) is 27.8 Å². The van der Waals surface area contributed by atoms with Gasteiger partial charge in [-0.15, -0.1) is 0 Å². The van der Waals surface area contributed by atoms with Crippen LogP contribution in [0.5, 0.6) is 0 Å². The van der Waals surface area contributed by atoms with Crippen molar-refractivity contribution in [2.45, 2.75) is 72.0 Å². The van der Waals surface area contributed by atoms with E-state index in [-0.39, 0.29) is 10.9 Å². The summed E-state index contributed by atoms with van der Waals surface area (Å²) in [6.07, 6.45) is -0.244. The summed E-state index contributed by atoms with van der Waals surface area (Å²) in [5.74, 6) is 1.60. The van der Waals surface area contributed by atoms with Crippen LogP contribution < -0.4 is 0 Å². The molecule has 0 spiro atoms. The van der Waals surface area contributed by atoms with Gasteiger partial charge in [-0.2, -0.15) is 0 Å². The van der Waals surface area contributed by atoms with E-state index in [0.717, 1.165) is 53.0 Å². The molecule has 55 heavy (non-hydrogen) atoms. The lowest BCUT2D eigenvalue weighted by Crippen LogP contribution is -2.49. The highest BCUT2D eigenvalue weighted by Crippen LogP contribution is 2.36. The predicted molar refractivity (Wildman–Crippen MR) is 231 cm³/mol. The molecule has 0 aromatic heterocycles. The number of hydrogen-bond donors (Lipinski definition) is 0. The molecule has 4 aromatic carbocycles. The number of piperazine rings is 1. The zero-order valence-corrected chi connectivity index (χ0v) is 36.3. The van der Waals surface area contributed by atoms with E-state index in [1.54, 1.807) is 4.90 Å².